The standard InChI is InChI=1S/C10H12Br3NO.ClH/c1-2-3-7(14)8-5(11)4-6(12)10(15)9(8)13;/h4,7,15H,2-3,14H2,1H3;1H/t7-;/m0./s1. The van der Waals surface area contributed by atoms with Crippen molar-refractivity contribution < 1.29 is 5.11 Å². The predicted molar refractivity (Wildman–Crippen MR) is 80.3 cm³/mol. The number of phenols is 1. The molecule has 0 amide bonds. The normalized spacial score (nSPS) is 12.1. The van der Waals surface area contributed by atoms with Crippen molar-refractivity contribution in [2.45, 2.75) is 25.8 Å². The number of halogens is 4. The smallest absolute Gasteiger partial charge is 0.144 e. The van der Waals surface area contributed by atoms with Gasteiger partial charge in [-0.3, -0.25) is 0 Å². The van der Waals surface area contributed by atoms with Crippen LogP contribution in [0.5, 0.6) is 5.75 Å². The molecular weight excluding hydrogens is 425 g/mol. The van der Waals surface area contributed by atoms with Gasteiger partial charge in [0.15, 0.2) is 0 Å². The van der Waals surface area contributed by atoms with Crippen LogP contribution in [-0.2, 0) is 0 Å². The molecule has 0 unspecified atom stereocenters. The van der Waals surface area contributed by atoms with Gasteiger partial charge in [0.05, 0.1) is 8.95 Å². The van der Waals surface area contributed by atoms with Gasteiger partial charge in [-0.2, -0.15) is 0 Å². The molecule has 0 heterocycles. The van der Waals surface area contributed by atoms with E-state index in [0.29, 0.717) is 8.95 Å². The summed E-state index contributed by atoms with van der Waals surface area (Å²) in [4.78, 5) is 0. The number of nitrogens with two attached hydrogens (primary N) is 1. The molecule has 0 saturated carbocycles. The van der Waals surface area contributed by atoms with Crippen molar-refractivity contribution in [3.05, 3.63) is 25.0 Å². The lowest BCUT2D eigenvalue weighted by Gasteiger charge is -2.16. The summed E-state index contributed by atoms with van der Waals surface area (Å²) in [5, 5.41) is 9.76. The minimum Gasteiger partial charge on any atom is -0.506 e. The molecule has 6 heteroatoms. The van der Waals surface area contributed by atoms with Crippen LogP contribution >= 0.6 is 60.2 Å². The Morgan fingerprint density at radius 2 is 1.88 bits per heavy atom. The third-order valence-corrected chi connectivity index (χ3v) is 4.22. The van der Waals surface area contributed by atoms with Crippen molar-refractivity contribution >= 4 is 60.2 Å². The molecule has 1 atom stereocenters. The Bertz CT molecular complexity index is 374. The zero-order valence-electron chi connectivity index (χ0n) is 8.64. The molecule has 0 fully saturated rings. The fraction of sp³-hybridized carbons (Fsp3) is 0.400. The van der Waals surface area contributed by atoms with Crippen LogP contribution in [0.2, 0.25) is 0 Å². The van der Waals surface area contributed by atoms with E-state index in [1.165, 1.54) is 0 Å². The SMILES string of the molecule is CCC[C@H](N)c1c(Br)cc(Br)c(O)c1Br.Cl. The topological polar surface area (TPSA) is 46.2 Å². The highest BCUT2D eigenvalue weighted by molar-refractivity contribution is 9.11. The Morgan fingerprint density at radius 1 is 1.31 bits per heavy atom. The van der Waals surface area contributed by atoms with Crippen LogP contribution in [0, 0.1) is 0 Å². The van der Waals surface area contributed by atoms with E-state index < -0.39 is 0 Å². The first-order chi connectivity index (χ1) is 6.99. The van der Waals surface area contributed by atoms with Crippen LogP contribution in [-0.4, -0.2) is 5.11 Å². The van der Waals surface area contributed by atoms with E-state index in [4.69, 9.17) is 5.73 Å². The lowest BCUT2D eigenvalue weighted by atomic mass is 10.0. The van der Waals surface area contributed by atoms with Gasteiger partial charge in [-0.05, 0) is 44.3 Å². The highest BCUT2D eigenvalue weighted by atomic mass is 79.9. The Labute approximate surface area is 127 Å². The molecule has 0 saturated heterocycles. The number of hydrogen-bond donors (Lipinski definition) is 2. The number of benzene rings is 1. The van der Waals surface area contributed by atoms with Gasteiger partial charge in [0.1, 0.15) is 5.75 Å². The summed E-state index contributed by atoms with van der Waals surface area (Å²) in [6, 6.07) is 1.74. The molecule has 1 rings (SSSR count). The van der Waals surface area contributed by atoms with E-state index in [-0.39, 0.29) is 24.2 Å². The van der Waals surface area contributed by atoms with Crippen LogP contribution in [0.4, 0.5) is 0 Å². The summed E-state index contributed by atoms with van der Waals surface area (Å²) >= 11 is 10.1. The molecule has 1 aromatic carbocycles. The van der Waals surface area contributed by atoms with Crippen LogP contribution in [0.15, 0.2) is 19.5 Å². The minimum atomic E-state index is -0.0715. The van der Waals surface area contributed by atoms with Gasteiger partial charge in [-0.25, -0.2) is 0 Å². The molecule has 0 aliphatic heterocycles. The largest absolute Gasteiger partial charge is 0.506 e. The van der Waals surface area contributed by atoms with Gasteiger partial charge >= 0.3 is 0 Å². The van der Waals surface area contributed by atoms with Gasteiger partial charge in [0.2, 0.25) is 0 Å². The van der Waals surface area contributed by atoms with Gasteiger partial charge in [-0.1, -0.05) is 29.3 Å². The highest BCUT2D eigenvalue weighted by Gasteiger charge is 2.18. The third-order valence-electron chi connectivity index (χ3n) is 2.15. The second-order valence-corrected chi connectivity index (χ2v) is 5.81. The molecular formula is C10H13Br3ClNO. The van der Waals surface area contributed by atoms with Gasteiger partial charge in [0, 0.05) is 16.1 Å². The quantitative estimate of drug-likeness (QED) is 0.705. The lowest BCUT2D eigenvalue weighted by Crippen LogP contribution is -2.11. The first-order valence-electron chi connectivity index (χ1n) is 4.61. The molecule has 1 aromatic rings. The van der Waals surface area contributed by atoms with Crippen molar-refractivity contribution in [1.82, 2.24) is 0 Å². The zero-order chi connectivity index (χ0) is 11.6. The van der Waals surface area contributed by atoms with Crippen LogP contribution < -0.4 is 5.73 Å². The van der Waals surface area contributed by atoms with Crippen molar-refractivity contribution in [1.29, 1.82) is 0 Å². The third kappa shape index (κ3) is 3.60. The summed E-state index contributed by atoms with van der Waals surface area (Å²) in [7, 11) is 0. The van der Waals surface area contributed by atoms with Gasteiger partial charge < -0.3 is 10.8 Å². The maximum absolute atomic E-state index is 9.76. The maximum atomic E-state index is 9.76. The number of hydrogen-bond acceptors (Lipinski definition) is 2. The molecule has 16 heavy (non-hydrogen) atoms. The zero-order valence-corrected chi connectivity index (χ0v) is 14.2. The van der Waals surface area contributed by atoms with E-state index in [1.54, 1.807) is 0 Å². The van der Waals surface area contributed by atoms with E-state index in [2.05, 4.69) is 54.7 Å². The molecule has 0 radical (unpaired) electrons. The predicted octanol–water partition coefficient (Wildman–Crippen LogP) is 4.90. The van der Waals surface area contributed by atoms with E-state index in [9.17, 15) is 5.11 Å². The fourth-order valence-corrected chi connectivity index (χ4v) is 4.10. The summed E-state index contributed by atoms with van der Waals surface area (Å²) in [6.45, 7) is 2.08. The Kier molecular flexibility index (Phi) is 7.53. The van der Waals surface area contributed by atoms with Crippen molar-refractivity contribution in [2.24, 2.45) is 5.73 Å². The second-order valence-electron chi connectivity index (χ2n) is 3.31. The summed E-state index contributed by atoms with van der Waals surface area (Å²) in [6.07, 6.45) is 1.90. The van der Waals surface area contributed by atoms with E-state index in [0.717, 1.165) is 22.9 Å². The first kappa shape index (κ1) is 16.7. The van der Waals surface area contributed by atoms with Crippen molar-refractivity contribution in [3.63, 3.8) is 0 Å². The summed E-state index contributed by atoms with van der Waals surface area (Å²) < 4.78 is 2.21. The second kappa shape index (κ2) is 7.21. The van der Waals surface area contributed by atoms with Crippen LogP contribution in [0.25, 0.3) is 0 Å². The Balaban J connectivity index is 0.00000225. The molecule has 0 spiro atoms. The van der Waals surface area contributed by atoms with Crippen LogP contribution in [0.1, 0.15) is 31.4 Å². The van der Waals surface area contributed by atoms with E-state index in [1.807, 2.05) is 6.07 Å². The average Bonchev–Trinajstić information content (AvgIpc) is 2.15. The molecule has 92 valence electrons. The fourth-order valence-electron chi connectivity index (χ4n) is 1.39. The highest BCUT2D eigenvalue weighted by Crippen LogP contribution is 2.42. The van der Waals surface area contributed by atoms with Crippen LogP contribution in [0.3, 0.4) is 0 Å². The summed E-state index contributed by atoms with van der Waals surface area (Å²) in [5.74, 6) is 0.194. The molecule has 0 bridgehead atoms. The molecule has 2 nitrogen and oxygen atoms in total. The Hall–Kier alpha value is 0.710. The number of phenolic OH excluding ortho intramolecular Hbond substituents is 1. The van der Waals surface area contributed by atoms with E-state index >= 15 is 0 Å². The lowest BCUT2D eigenvalue weighted by molar-refractivity contribution is 0.465. The van der Waals surface area contributed by atoms with Crippen molar-refractivity contribution in [2.75, 3.05) is 0 Å². The molecule has 3 N–H and O–H groups in total. The molecule has 0 aliphatic rings. The number of aromatic hydroxyl groups is 1. The molecule has 0 aliphatic carbocycles. The monoisotopic (exact) mass is 435 g/mol. The van der Waals surface area contributed by atoms with Gasteiger partial charge in [0.25, 0.3) is 0 Å². The molecule has 0 aromatic heterocycles. The number of rotatable bonds is 3. The first-order valence-corrected chi connectivity index (χ1v) is 6.98. The van der Waals surface area contributed by atoms with Gasteiger partial charge in [-0.15, -0.1) is 12.4 Å². The maximum Gasteiger partial charge on any atom is 0.144 e. The Morgan fingerprint density at radius 3 is 2.38 bits per heavy atom. The average molecular weight is 438 g/mol. The minimum absolute atomic E-state index is 0. The van der Waals surface area contributed by atoms with Crippen molar-refractivity contribution in [3.8, 4) is 5.75 Å². The summed E-state index contributed by atoms with van der Waals surface area (Å²) in [5.41, 5.74) is 6.95.